The lowest BCUT2D eigenvalue weighted by atomic mass is 10.1. The summed E-state index contributed by atoms with van der Waals surface area (Å²) in [4.78, 5) is 13.5. The standard InChI is InChI=1S/C17H13Cl2F4NO/c1-24(16(25)8-10-3-5-13(18)14(19)6-10)9-11-2-4-12(15(20)7-11)17(21,22)23/h2-7H,8-9H2,1H3. The van der Waals surface area contributed by atoms with Crippen molar-refractivity contribution in [1.82, 2.24) is 4.90 Å². The van der Waals surface area contributed by atoms with Crippen molar-refractivity contribution in [1.29, 1.82) is 0 Å². The van der Waals surface area contributed by atoms with Crippen LogP contribution in [-0.2, 0) is 23.9 Å². The number of benzene rings is 2. The molecule has 2 rings (SSSR count). The number of rotatable bonds is 4. The lowest BCUT2D eigenvalue weighted by molar-refractivity contribution is -0.140. The van der Waals surface area contributed by atoms with Crippen molar-refractivity contribution in [2.75, 3.05) is 7.05 Å². The Balaban J connectivity index is 2.05. The highest BCUT2D eigenvalue weighted by atomic mass is 35.5. The van der Waals surface area contributed by atoms with E-state index in [1.54, 1.807) is 18.2 Å². The quantitative estimate of drug-likeness (QED) is 0.640. The van der Waals surface area contributed by atoms with Crippen molar-refractivity contribution < 1.29 is 22.4 Å². The first-order valence-electron chi connectivity index (χ1n) is 7.11. The normalized spacial score (nSPS) is 11.5. The van der Waals surface area contributed by atoms with E-state index in [4.69, 9.17) is 23.2 Å². The third-order valence-corrected chi connectivity index (χ3v) is 4.26. The van der Waals surface area contributed by atoms with E-state index in [2.05, 4.69) is 0 Å². The van der Waals surface area contributed by atoms with Gasteiger partial charge in [0.15, 0.2) is 0 Å². The summed E-state index contributed by atoms with van der Waals surface area (Å²) in [5, 5.41) is 0.686. The smallest absolute Gasteiger partial charge is 0.341 e. The van der Waals surface area contributed by atoms with E-state index in [0.717, 1.165) is 12.1 Å². The Hall–Kier alpha value is -1.79. The summed E-state index contributed by atoms with van der Waals surface area (Å²) in [6.07, 6.45) is -4.71. The van der Waals surface area contributed by atoms with Gasteiger partial charge in [-0.1, -0.05) is 35.3 Å². The van der Waals surface area contributed by atoms with Crippen LogP contribution in [0.1, 0.15) is 16.7 Å². The first-order chi connectivity index (χ1) is 11.6. The minimum absolute atomic E-state index is 0.0186. The number of alkyl halides is 3. The molecule has 2 nitrogen and oxygen atoms in total. The maximum atomic E-state index is 13.6. The molecule has 0 fully saturated rings. The Kier molecular flexibility index (Phi) is 5.95. The van der Waals surface area contributed by atoms with Gasteiger partial charge in [0.2, 0.25) is 5.91 Å². The average molecular weight is 394 g/mol. The van der Waals surface area contributed by atoms with Crippen molar-refractivity contribution in [3.8, 4) is 0 Å². The maximum Gasteiger partial charge on any atom is 0.419 e. The van der Waals surface area contributed by atoms with Crippen LogP contribution in [0.2, 0.25) is 10.0 Å². The Bertz CT molecular complexity index is 793. The molecule has 0 saturated carbocycles. The van der Waals surface area contributed by atoms with Gasteiger partial charge in [0.25, 0.3) is 0 Å². The Morgan fingerprint density at radius 2 is 1.68 bits per heavy atom. The van der Waals surface area contributed by atoms with Gasteiger partial charge in [-0.25, -0.2) is 4.39 Å². The highest BCUT2D eigenvalue weighted by Gasteiger charge is 2.33. The van der Waals surface area contributed by atoms with Crippen molar-refractivity contribution >= 4 is 29.1 Å². The van der Waals surface area contributed by atoms with Crippen LogP contribution >= 0.6 is 23.2 Å². The third kappa shape index (κ3) is 5.09. The van der Waals surface area contributed by atoms with Crippen LogP contribution in [0.4, 0.5) is 17.6 Å². The van der Waals surface area contributed by atoms with E-state index in [1.807, 2.05) is 0 Å². The van der Waals surface area contributed by atoms with Crippen molar-refractivity contribution in [2.45, 2.75) is 19.1 Å². The highest BCUT2D eigenvalue weighted by Crippen LogP contribution is 2.31. The molecular formula is C17H13Cl2F4NO. The number of nitrogens with zero attached hydrogens (tertiary/aromatic N) is 1. The monoisotopic (exact) mass is 393 g/mol. The lowest BCUT2D eigenvalue weighted by Gasteiger charge is -2.18. The van der Waals surface area contributed by atoms with Crippen LogP contribution in [-0.4, -0.2) is 17.9 Å². The number of halogens is 6. The molecule has 25 heavy (non-hydrogen) atoms. The van der Waals surface area contributed by atoms with Crippen LogP contribution in [0.25, 0.3) is 0 Å². The minimum atomic E-state index is -4.75. The summed E-state index contributed by atoms with van der Waals surface area (Å²) in [5.74, 6) is -1.66. The number of carbonyl (C=O) groups is 1. The second-order valence-corrected chi connectivity index (χ2v) is 6.30. The summed E-state index contributed by atoms with van der Waals surface area (Å²) in [6.45, 7) is -0.0186. The van der Waals surface area contributed by atoms with Gasteiger partial charge >= 0.3 is 6.18 Å². The molecule has 0 heterocycles. The van der Waals surface area contributed by atoms with Gasteiger partial charge in [-0.15, -0.1) is 0 Å². The molecule has 0 saturated heterocycles. The molecule has 1 amide bonds. The molecule has 0 aromatic heterocycles. The van der Waals surface area contributed by atoms with Crippen LogP contribution in [0, 0.1) is 5.82 Å². The van der Waals surface area contributed by atoms with E-state index in [0.29, 0.717) is 21.7 Å². The highest BCUT2D eigenvalue weighted by molar-refractivity contribution is 6.42. The molecule has 2 aromatic rings. The fraction of sp³-hybridized carbons (Fsp3) is 0.235. The number of hydrogen-bond donors (Lipinski definition) is 0. The largest absolute Gasteiger partial charge is 0.419 e. The summed E-state index contributed by atoms with van der Waals surface area (Å²) in [6, 6.07) is 7.38. The first kappa shape index (κ1) is 19.5. The van der Waals surface area contributed by atoms with Gasteiger partial charge in [-0.05, 0) is 35.4 Å². The summed E-state index contributed by atoms with van der Waals surface area (Å²) < 4.78 is 51.2. The fourth-order valence-electron chi connectivity index (χ4n) is 2.21. The van der Waals surface area contributed by atoms with Gasteiger partial charge in [-0.2, -0.15) is 13.2 Å². The number of carbonyl (C=O) groups excluding carboxylic acids is 1. The van der Waals surface area contributed by atoms with E-state index in [9.17, 15) is 22.4 Å². The first-order valence-corrected chi connectivity index (χ1v) is 7.87. The SMILES string of the molecule is CN(Cc1ccc(C(F)(F)F)c(F)c1)C(=O)Cc1ccc(Cl)c(Cl)c1. The van der Waals surface area contributed by atoms with Crippen LogP contribution in [0.3, 0.4) is 0 Å². The number of amides is 1. The molecule has 0 unspecified atom stereocenters. The predicted octanol–water partition coefficient (Wildman–Crippen LogP) is 5.35. The van der Waals surface area contributed by atoms with Gasteiger partial charge in [0.1, 0.15) is 5.82 Å². The topological polar surface area (TPSA) is 20.3 Å². The molecule has 134 valence electrons. The van der Waals surface area contributed by atoms with E-state index in [1.165, 1.54) is 11.9 Å². The van der Waals surface area contributed by atoms with Gasteiger partial charge in [-0.3, -0.25) is 4.79 Å². The lowest BCUT2D eigenvalue weighted by Crippen LogP contribution is -2.27. The average Bonchev–Trinajstić information content (AvgIpc) is 2.49. The zero-order valence-corrected chi connectivity index (χ0v) is 14.5. The van der Waals surface area contributed by atoms with Gasteiger partial charge in [0, 0.05) is 13.6 Å². The molecule has 8 heteroatoms. The van der Waals surface area contributed by atoms with Crippen LogP contribution < -0.4 is 0 Å². The Morgan fingerprint density at radius 3 is 2.24 bits per heavy atom. The number of hydrogen-bond acceptors (Lipinski definition) is 1. The van der Waals surface area contributed by atoms with Crippen molar-refractivity contribution in [3.05, 3.63) is 69.0 Å². The molecule has 0 aliphatic heterocycles. The van der Waals surface area contributed by atoms with E-state index in [-0.39, 0.29) is 24.4 Å². The van der Waals surface area contributed by atoms with Crippen molar-refractivity contribution in [2.24, 2.45) is 0 Å². The molecule has 0 bridgehead atoms. The summed E-state index contributed by atoms with van der Waals surface area (Å²) in [5.41, 5.74) is -0.429. The molecule has 0 N–H and O–H groups in total. The van der Waals surface area contributed by atoms with Gasteiger partial charge < -0.3 is 4.90 Å². The van der Waals surface area contributed by atoms with Crippen LogP contribution in [0.15, 0.2) is 36.4 Å². The maximum absolute atomic E-state index is 13.6. The molecule has 0 atom stereocenters. The molecule has 0 aliphatic carbocycles. The molecule has 0 aliphatic rings. The Morgan fingerprint density at radius 1 is 1.04 bits per heavy atom. The predicted molar refractivity (Wildman–Crippen MR) is 88.0 cm³/mol. The molecule has 2 aromatic carbocycles. The zero-order chi connectivity index (χ0) is 18.8. The second kappa shape index (κ2) is 7.62. The van der Waals surface area contributed by atoms with Crippen molar-refractivity contribution in [3.63, 3.8) is 0 Å². The number of likely N-dealkylation sites (N-methyl/N-ethyl adjacent to an activating group) is 1. The molecule has 0 spiro atoms. The summed E-state index contributed by atoms with van der Waals surface area (Å²) in [7, 11) is 1.48. The molecular weight excluding hydrogens is 381 g/mol. The summed E-state index contributed by atoms with van der Waals surface area (Å²) >= 11 is 11.7. The van der Waals surface area contributed by atoms with Crippen LogP contribution in [0.5, 0.6) is 0 Å². The minimum Gasteiger partial charge on any atom is -0.341 e. The third-order valence-electron chi connectivity index (χ3n) is 3.52. The fourth-order valence-corrected chi connectivity index (χ4v) is 2.53. The van der Waals surface area contributed by atoms with Gasteiger partial charge in [0.05, 0.1) is 22.0 Å². The van der Waals surface area contributed by atoms with E-state index < -0.39 is 17.6 Å². The Labute approximate surface area is 152 Å². The second-order valence-electron chi connectivity index (χ2n) is 5.49. The molecule has 0 radical (unpaired) electrons. The zero-order valence-electron chi connectivity index (χ0n) is 13.0. The van der Waals surface area contributed by atoms with E-state index >= 15 is 0 Å².